The molecule has 0 radical (unpaired) electrons. The van der Waals surface area contributed by atoms with Gasteiger partial charge in [-0.15, -0.1) is 0 Å². The highest BCUT2D eigenvalue weighted by molar-refractivity contribution is 5.71. The number of ether oxygens (including phenoxy) is 1. The number of esters is 1. The summed E-state index contributed by atoms with van der Waals surface area (Å²) in [4.78, 5) is 10.6. The minimum absolute atomic E-state index is 0.00546. The van der Waals surface area contributed by atoms with Gasteiger partial charge < -0.3 is 15.2 Å². The quantitative estimate of drug-likeness (QED) is 0.535. The van der Waals surface area contributed by atoms with Crippen LogP contribution in [0.5, 0.6) is 0 Å². The van der Waals surface area contributed by atoms with Gasteiger partial charge in [0.2, 0.25) is 0 Å². The Balaban J connectivity index is 3.42. The number of methoxy groups -OCH3 is 1. The zero-order valence-electron chi connectivity index (χ0n) is 6.96. The van der Waals surface area contributed by atoms with Gasteiger partial charge in [-0.25, -0.2) is 0 Å². The fraction of sp³-hybridized carbons (Fsp3) is 0.857. The van der Waals surface area contributed by atoms with Crippen molar-refractivity contribution in [3.05, 3.63) is 0 Å². The highest BCUT2D eigenvalue weighted by atomic mass is 16.5. The van der Waals surface area contributed by atoms with Crippen LogP contribution in [-0.4, -0.2) is 37.4 Å². The molecule has 0 amide bonds. The van der Waals surface area contributed by atoms with Gasteiger partial charge in [0.05, 0.1) is 20.3 Å². The molecule has 0 bridgehead atoms. The van der Waals surface area contributed by atoms with Crippen LogP contribution >= 0.6 is 0 Å². The minimum Gasteiger partial charge on any atom is -0.468 e. The average molecular weight is 161 g/mol. The number of hydrogen-bond donors (Lipinski definition) is 2. The highest BCUT2D eigenvalue weighted by Crippen LogP contribution is 1.87. The molecular weight excluding hydrogens is 146 g/mol. The van der Waals surface area contributed by atoms with Gasteiger partial charge in [-0.1, -0.05) is 6.92 Å². The van der Waals surface area contributed by atoms with E-state index in [1.165, 1.54) is 7.11 Å². The molecule has 2 N–H and O–H groups in total. The van der Waals surface area contributed by atoms with E-state index >= 15 is 0 Å². The van der Waals surface area contributed by atoms with Gasteiger partial charge in [-0.3, -0.25) is 4.79 Å². The molecule has 0 aliphatic rings. The maximum absolute atomic E-state index is 10.6. The normalized spacial score (nSPS) is 12.6. The van der Waals surface area contributed by atoms with Crippen LogP contribution in [0.1, 0.15) is 13.3 Å². The van der Waals surface area contributed by atoms with E-state index in [9.17, 15) is 4.79 Å². The molecule has 0 aliphatic heterocycles. The molecule has 0 saturated carbocycles. The van der Waals surface area contributed by atoms with E-state index in [0.29, 0.717) is 0 Å². The second-order valence-corrected chi connectivity index (χ2v) is 2.24. The summed E-state index contributed by atoms with van der Waals surface area (Å²) in [5.41, 5.74) is 0. The van der Waals surface area contributed by atoms with E-state index in [1.54, 1.807) is 0 Å². The zero-order chi connectivity index (χ0) is 8.69. The molecule has 1 unspecified atom stereocenters. The standard InChI is InChI=1S/C7H15NO3/c1-3-6(5-9)8-4-7(10)11-2/h6,8-9H,3-5H2,1-2H3. The predicted molar refractivity (Wildman–Crippen MR) is 41.2 cm³/mol. The molecule has 0 heterocycles. The monoisotopic (exact) mass is 161 g/mol. The van der Waals surface area contributed by atoms with Gasteiger partial charge in [0.15, 0.2) is 0 Å². The van der Waals surface area contributed by atoms with Gasteiger partial charge in [0, 0.05) is 6.04 Å². The summed E-state index contributed by atoms with van der Waals surface area (Å²) in [5.74, 6) is -0.308. The van der Waals surface area contributed by atoms with Gasteiger partial charge in [-0.05, 0) is 6.42 Å². The largest absolute Gasteiger partial charge is 0.468 e. The van der Waals surface area contributed by atoms with Crippen LogP contribution in [0.15, 0.2) is 0 Å². The third-order valence-electron chi connectivity index (χ3n) is 1.48. The van der Waals surface area contributed by atoms with Crippen molar-refractivity contribution in [2.24, 2.45) is 0 Å². The molecule has 0 saturated heterocycles. The van der Waals surface area contributed by atoms with Crippen LogP contribution in [-0.2, 0) is 9.53 Å². The Morgan fingerprint density at radius 3 is 2.73 bits per heavy atom. The molecule has 0 aromatic carbocycles. The first-order valence-corrected chi connectivity index (χ1v) is 3.65. The maximum Gasteiger partial charge on any atom is 0.319 e. The van der Waals surface area contributed by atoms with Crippen molar-refractivity contribution < 1.29 is 14.6 Å². The third-order valence-corrected chi connectivity index (χ3v) is 1.48. The fourth-order valence-electron chi connectivity index (χ4n) is 0.638. The molecule has 0 aliphatic carbocycles. The van der Waals surface area contributed by atoms with Crippen molar-refractivity contribution >= 4 is 5.97 Å². The predicted octanol–water partition coefficient (Wildman–Crippen LogP) is -0.480. The Morgan fingerprint density at radius 2 is 2.36 bits per heavy atom. The lowest BCUT2D eigenvalue weighted by Gasteiger charge is -2.11. The van der Waals surface area contributed by atoms with E-state index in [0.717, 1.165) is 6.42 Å². The molecular formula is C7H15NO3. The number of aliphatic hydroxyl groups is 1. The van der Waals surface area contributed by atoms with Crippen molar-refractivity contribution in [1.82, 2.24) is 5.32 Å². The van der Waals surface area contributed by atoms with Crippen LogP contribution in [0, 0.1) is 0 Å². The van der Waals surface area contributed by atoms with Crippen molar-refractivity contribution in [1.29, 1.82) is 0 Å². The number of rotatable bonds is 5. The summed E-state index contributed by atoms with van der Waals surface area (Å²) in [7, 11) is 1.34. The van der Waals surface area contributed by atoms with Gasteiger partial charge in [0.1, 0.15) is 0 Å². The number of carbonyl (C=O) groups is 1. The summed E-state index contributed by atoms with van der Waals surface area (Å²) in [6.45, 7) is 2.15. The van der Waals surface area contributed by atoms with Crippen LogP contribution in [0.2, 0.25) is 0 Å². The van der Waals surface area contributed by atoms with E-state index in [1.807, 2.05) is 6.92 Å². The van der Waals surface area contributed by atoms with Crippen molar-refractivity contribution in [3.8, 4) is 0 Å². The highest BCUT2D eigenvalue weighted by Gasteiger charge is 2.05. The first kappa shape index (κ1) is 10.4. The Hall–Kier alpha value is -0.610. The van der Waals surface area contributed by atoms with Gasteiger partial charge >= 0.3 is 5.97 Å². The second-order valence-electron chi connectivity index (χ2n) is 2.24. The smallest absolute Gasteiger partial charge is 0.319 e. The molecule has 0 rings (SSSR count). The van der Waals surface area contributed by atoms with E-state index in [2.05, 4.69) is 10.1 Å². The summed E-state index contributed by atoms with van der Waals surface area (Å²) < 4.78 is 4.41. The molecule has 0 aromatic heterocycles. The molecule has 1 atom stereocenters. The average Bonchev–Trinajstić information content (AvgIpc) is 2.06. The Bertz CT molecular complexity index is 112. The number of aliphatic hydroxyl groups excluding tert-OH is 1. The topological polar surface area (TPSA) is 58.6 Å². The lowest BCUT2D eigenvalue weighted by molar-refractivity contribution is -0.139. The lowest BCUT2D eigenvalue weighted by Crippen LogP contribution is -2.36. The Labute approximate surface area is 66.5 Å². The Kier molecular flexibility index (Phi) is 5.78. The number of carbonyl (C=O) groups excluding carboxylic acids is 1. The summed E-state index contributed by atoms with van der Waals surface area (Å²) >= 11 is 0. The second kappa shape index (κ2) is 6.12. The Morgan fingerprint density at radius 1 is 1.73 bits per heavy atom. The van der Waals surface area contributed by atoms with Gasteiger partial charge in [0.25, 0.3) is 0 Å². The summed E-state index contributed by atoms with van der Waals surface area (Å²) in [6.07, 6.45) is 0.799. The van der Waals surface area contributed by atoms with Crippen LogP contribution in [0.3, 0.4) is 0 Å². The third kappa shape index (κ3) is 4.75. The van der Waals surface area contributed by atoms with E-state index < -0.39 is 0 Å². The summed E-state index contributed by atoms with van der Waals surface area (Å²) in [6, 6.07) is -0.00546. The number of nitrogens with one attached hydrogen (secondary N) is 1. The SMILES string of the molecule is CCC(CO)NCC(=O)OC. The molecule has 11 heavy (non-hydrogen) atoms. The molecule has 66 valence electrons. The van der Waals surface area contributed by atoms with Crippen LogP contribution in [0.4, 0.5) is 0 Å². The lowest BCUT2D eigenvalue weighted by atomic mass is 10.2. The van der Waals surface area contributed by atoms with Crippen LogP contribution in [0.25, 0.3) is 0 Å². The van der Waals surface area contributed by atoms with Crippen molar-refractivity contribution in [2.75, 3.05) is 20.3 Å². The minimum atomic E-state index is -0.308. The molecule has 0 fully saturated rings. The molecule has 0 spiro atoms. The molecule has 4 heteroatoms. The van der Waals surface area contributed by atoms with Crippen molar-refractivity contribution in [3.63, 3.8) is 0 Å². The van der Waals surface area contributed by atoms with Crippen LogP contribution < -0.4 is 5.32 Å². The molecule has 4 nitrogen and oxygen atoms in total. The van der Waals surface area contributed by atoms with E-state index in [-0.39, 0.29) is 25.2 Å². The first-order chi connectivity index (χ1) is 5.24. The van der Waals surface area contributed by atoms with Gasteiger partial charge in [-0.2, -0.15) is 0 Å². The van der Waals surface area contributed by atoms with E-state index in [4.69, 9.17) is 5.11 Å². The first-order valence-electron chi connectivity index (χ1n) is 3.65. The maximum atomic E-state index is 10.6. The molecule has 0 aromatic rings. The summed E-state index contributed by atoms with van der Waals surface area (Å²) in [5, 5.41) is 11.5. The van der Waals surface area contributed by atoms with Crippen molar-refractivity contribution in [2.45, 2.75) is 19.4 Å². The number of hydrogen-bond acceptors (Lipinski definition) is 4. The fourth-order valence-corrected chi connectivity index (χ4v) is 0.638. The zero-order valence-corrected chi connectivity index (χ0v) is 6.96.